The molecule has 1 aromatic rings. The van der Waals surface area contributed by atoms with Crippen LogP contribution in [0.25, 0.3) is 0 Å². The van der Waals surface area contributed by atoms with Gasteiger partial charge in [-0.15, -0.1) is 0 Å². The Balaban J connectivity index is 1.84. The number of carbonyl (C=O) groups excluding carboxylic acids is 1. The molecule has 1 amide bonds. The fraction of sp³-hybridized carbons (Fsp3) is 0.588. The summed E-state index contributed by atoms with van der Waals surface area (Å²) in [5, 5.41) is 10.4. The van der Waals surface area contributed by atoms with Gasteiger partial charge in [0, 0.05) is 13.1 Å². The van der Waals surface area contributed by atoms with Gasteiger partial charge in [0.25, 0.3) is 0 Å². The zero-order valence-corrected chi connectivity index (χ0v) is 12.9. The molecule has 4 heteroatoms. The first kappa shape index (κ1) is 15.8. The second-order valence-corrected chi connectivity index (χ2v) is 5.72. The molecule has 0 aliphatic carbocycles. The van der Waals surface area contributed by atoms with Gasteiger partial charge in [-0.2, -0.15) is 0 Å². The molecular formula is C17H25NO3. The molecule has 0 aromatic heterocycles. The largest absolute Gasteiger partial charge is 0.450 e. The van der Waals surface area contributed by atoms with Crippen LogP contribution < -0.4 is 0 Å². The first-order chi connectivity index (χ1) is 10.1. The summed E-state index contributed by atoms with van der Waals surface area (Å²) in [6.07, 6.45) is 1.80. The number of nitrogens with zero attached hydrogens (tertiary/aromatic N) is 1. The van der Waals surface area contributed by atoms with Crippen LogP contribution in [0.1, 0.15) is 30.9 Å². The lowest BCUT2D eigenvalue weighted by Crippen LogP contribution is -2.42. The first-order valence-corrected chi connectivity index (χ1v) is 7.76. The summed E-state index contributed by atoms with van der Waals surface area (Å²) in [6, 6.07) is 8.18. The summed E-state index contributed by atoms with van der Waals surface area (Å²) in [5.74, 6) is 0.260. The third kappa shape index (κ3) is 4.21. The SMILES string of the molecule is CCOC(=O)N1CCC([C@@H](O)Cc2ccccc2C)CC1. The van der Waals surface area contributed by atoms with E-state index < -0.39 is 0 Å². The molecule has 1 atom stereocenters. The Morgan fingerprint density at radius 1 is 1.38 bits per heavy atom. The fourth-order valence-electron chi connectivity index (χ4n) is 2.91. The molecule has 1 fully saturated rings. The predicted octanol–water partition coefficient (Wildman–Crippen LogP) is 2.77. The number of benzene rings is 1. The van der Waals surface area contributed by atoms with Crippen LogP contribution in [0.3, 0.4) is 0 Å². The number of aliphatic hydroxyl groups excluding tert-OH is 1. The lowest BCUT2D eigenvalue weighted by Gasteiger charge is -2.33. The van der Waals surface area contributed by atoms with Crippen molar-refractivity contribution in [1.82, 2.24) is 4.90 Å². The van der Waals surface area contributed by atoms with E-state index in [4.69, 9.17) is 4.74 Å². The minimum absolute atomic E-state index is 0.232. The van der Waals surface area contributed by atoms with Crippen molar-refractivity contribution in [3.05, 3.63) is 35.4 Å². The molecule has 1 heterocycles. The van der Waals surface area contributed by atoms with Crippen LogP contribution in [0.2, 0.25) is 0 Å². The number of likely N-dealkylation sites (tertiary alicyclic amines) is 1. The quantitative estimate of drug-likeness (QED) is 0.928. The van der Waals surface area contributed by atoms with Crippen LogP contribution in [0.4, 0.5) is 4.79 Å². The maximum Gasteiger partial charge on any atom is 0.409 e. The van der Waals surface area contributed by atoms with Crippen molar-refractivity contribution in [2.75, 3.05) is 19.7 Å². The van der Waals surface area contributed by atoms with Gasteiger partial charge in [-0.1, -0.05) is 24.3 Å². The van der Waals surface area contributed by atoms with E-state index in [9.17, 15) is 9.90 Å². The average Bonchev–Trinajstić information content (AvgIpc) is 2.50. The van der Waals surface area contributed by atoms with E-state index in [1.807, 2.05) is 19.1 Å². The van der Waals surface area contributed by atoms with E-state index in [-0.39, 0.29) is 18.1 Å². The molecule has 1 N–H and O–H groups in total. The summed E-state index contributed by atoms with van der Waals surface area (Å²) in [5.41, 5.74) is 2.43. The number of hydrogen-bond acceptors (Lipinski definition) is 3. The van der Waals surface area contributed by atoms with Crippen LogP contribution in [0.15, 0.2) is 24.3 Å². The second kappa shape index (κ2) is 7.46. The minimum Gasteiger partial charge on any atom is -0.450 e. The number of aryl methyl sites for hydroxylation is 1. The Labute approximate surface area is 126 Å². The molecule has 2 rings (SSSR count). The highest BCUT2D eigenvalue weighted by Gasteiger charge is 2.28. The van der Waals surface area contributed by atoms with Crippen LogP contribution in [-0.2, 0) is 11.2 Å². The third-order valence-corrected chi connectivity index (χ3v) is 4.30. The molecule has 0 saturated carbocycles. The van der Waals surface area contributed by atoms with Crippen molar-refractivity contribution in [1.29, 1.82) is 0 Å². The first-order valence-electron chi connectivity index (χ1n) is 7.76. The highest BCUT2D eigenvalue weighted by Crippen LogP contribution is 2.24. The number of hydrogen-bond donors (Lipinski definition) is 1. The van der Waals surface area contributed by atoms with Gasteiger partial charge in [0.1, 0.15) is 0 Å². The van der Waals surface area contributed by atoms with Gasteiger partial charge >= 0.3 is 6.09 Å². The van der Waals surface area contributed by atoms with E-state index >= 15 is 0 Å². The molecule has 0 spiro atoms. The van der Waals surface area contributed by atoms with E-state index in [0.717, 1.165) is 12.8 Å². The normalized spacial score (nSPS) is 17.6. The zero-order chi connectivity index (χ0) is 15.2. The predicted molar refractivity (Wildman–Crippen MR) is 82.2 cm³/mol. The van der Waals surface area contributed by atoms with Crippen molar-refractivity contribution >= 4 is 6.09 Å². The molecule has 0 unspecified atom stereocenters. The number of ether oxygens (including phenoxy) is 1. The molecule has 21 heavy (non-hydrogen) atoms. The lowest BCUT2D eigenvalue weighted by atomic mass is 9.87. The van der Waals surface area contributed by atoms with Gasteiger partial charge in [-0.25, -0.2) is 4.79 Å². The molecule has 1 saturated heterocycles. The summed E-state index contributed by atoms with van der Waals surface area (Å²) in [6.45, 7) is 5.65. The van der Waals surface area contributed by atoms with Crippen LogP contribution in [-0.4, -0.2) is 41.9 Å². The Bertz CT molecular complexity index is 467. The van der Waals surface area contributed by atoms with Crippen molar-refractivity contribution in [3.63, 3.8) is 0 Å². The monoisotopic (exact) mass is 291 g/mol. The summed E-state index contributed by atoms with van der Waals surface area (Å²) in [4.78, 5) is 13.4. The second-order valence-electron chi connectivity index (χ2n) is 5.72. The Kier molecular flexibility index (Phi) is 5.62. The van der Waals surface area contributed by atoms with Crippen LogP contribution >= 0.6 is 0 Å². The molecule has 4 nitrogen and oxygen atoms in total. The molecule has 116 valence electrons. The Morgan fingerprint density at radius 2 is 2.05 bits per heavy atom. The van der Waals surface area contributed by atoms with Gasteiger partial charge in [-0.05, 0) is 50.2 Å². The van der Waals surface area contributed by atoms with Gasteiger partial charge < -0.3 is 14.7 Å². The number of piperidine rings is 1. The fourth-order valence-corrected chi connectivity index (χ4v) is 2.91. The zero-order valence-electron chi connectivity index (χ0n) is 12.9. The molecule has 1 aliphatic heterocycles. The standard InChI is InChI=1S/C17H25NO3/c1-3-21-17(20)18-10-8-14(9-11-18)16(19)12-15-7-5-4-6-13(15)2/h4-7,14,16,19H,3,8-12H2,1-2H3/t16-/m0/s1. The average molecular weight is 291 g/mol. The molecule has 0 bridgehead atoms. The Morgan fingerprint density at radius 3 is 2.67 bits per heavy atom. The summed E-state index contributed by atoms with van der Waals surface area (Å²) < 4.78 is 5.01. The maximum atomic E-state index is 11.7. The number of rotatable bonds is 4. The van der Waals surface area contributed by atoms with Gasteiger partial charge in [0.15, 0.2) is 0 Å². The minimum atomic E-state index is -0.338. The van der Waals surface area contributed by atoms with E-state index in [1.165, 1.54) is 11.1 Å². The van der Waals surface area contributed by atoms with Crippen molar-refractivity contribution in [2.24, 2.45) is 5.92 Å². The number of carbonyl (C=O) groups is 1. The molecule has 1 aromatic carbocycles. The Hall–Kier alpha value is -1.55. The highest BCUT2D eigenvalue weighted by atomic mass is 16.6. The smallest absolute Gasteiger partial charge is 0.409 e. The summed E-state index contributed by atoms with van der Waals surface area (Å²) in [7, 11) is 0. The van der Waals surface area contributed by atoms with Gasteiger partial charge in [0.05, 0.1) is 12.7 Å². The van der Waals surface area contributed by atoms with E-state index in [0.29, 0.717) is 26.1 Å². The van der Waals surface area contributed by atoms with Crippen molar-refractivity contribution in [3.8, 4) is 0 Å². The van der Waals surface area contributed by atoms with Gasteiger partial charge in [0.2, 0.25) is 0 Å². The molecule has 1 aliphatic rings. The number of aliphatic hydroxyl groups is 1. The van der Waals surface area contributed by atoms with Crippen molar-refractivity contribution < 1.29 is 14.6 Å². The third-order valence-electron chi connectivity index (χ3n) is 4.30. The van der Waals surface area contributed by atoms with E-state index in [2.05, 4.69) is 19.1 Å². The van der Waals surface area contributed by atoms with Crippen LogP contribution in [0.5, 0.6) is 0 Å². The van der Waals surface area contributed by atoms with E-state index in [1.54, 1.807) is 4.90 Å². The van der Waals surface area contributed by atoms with Crippen molar-refractivity contribution in [2.45, 2.75) is 39.2 Å². The van der Waals surface area contributed by atoms with Gasteiger partial charge in [-0.3, -0.25) is 0 Å². The topological polar surface area (TPSA) is 49.8 Å². The highest BCUT2D eigenvalue weighted by molar-refractivity contribution is 5.67. The number of amides is 1. The maximum absolute atomic E-state index is 11.7. The summed E-state index contributed by atoms with van der Waals surface area (Å²) >= 11 is 0. The van der Waals surface area contributed by atoms with Crippen LogP contribution in [0, 0.1) is 12.8 Å². The molecular weight excluding hydrogens is 266 g/mol. The lowest BCUT2D eigenvalue weighted by molar-refractivity contribution is 0.0491. The molecule has 0 radical (unpaired) electrons.